The van der Waals surface area contributed by atoms with E-state index < -0.39 is 6.04 Å². The van der Waals surface area contributed by atoms with Gasteiger partial charge in [0.05, 0.1) is 17.5 Å². The fraction of sp³-hybridized carbons (Fsp3) is 0.192. The number of amides is 2. The van der Waals surface area contributed by atoms with Gasteiger partial charge in [-0.2, -0.15) is 0 Å². The lowest BCUT2D eigenvalue weighted by Gasteiger charge is -2.16. The Morgan fingerprint density at radius 2 is 1.78 bits per heavy atom. The zero-order chi connectivity index (χ0) is 22.1. The van der Waals surface area contributed by atoms with E-state index >= 15 is 0 Å². The standard InChI is InChI=1S/C26H24N4O2/c1-18-8-7-11-20(16-18)27-24(31)17-23-25(32)29(15-14-19-9-3-2-4-10-19)26-28-21-12-5-6-13-22(21)30(23)26/h2-13,16,23H,14-15,17H2,1H3,(H,27,31)/t23-/m1/s1. The summed E-state index contributed by atoms with van der Waals surface area (Å²) in [6.07, 6.45) is 0.778. The highest BCUT2D eigenvalue weighted by Gasteiger charge is 2.40. The molecule has 6 nitrogen and oxygen atoms in total. The molecule has 0 saturated carbocycles. The van der Waals surface area contributed by atoms with Crippen LogP contribution in [0.25, 0.3) is 11.0 Å². The van der Waals surface area contributed by atoms with E-state index in [1.807, 2.05) is 78.2 Å². The monoisotopic (exact) mass is 424 g/mol. The van der Waals surface area contributed by atoms with Gasteiger partial charge >= 0.3 is 0 Å². The van der Waals surface area contributed by atoms with E-state index in [9.17, 15) is 9.59 Å². The van der Waals surface area contributed by atoms with Crippen LogP contribution < -0.4 is 10.2 Å². The van der Waals surface area contributed by atoms with E-state index in [4.69, 9.17) is 4.98 Å². The van der Waals surface area contributed by atoms with Gasteiger partial charge in [0.25, 0.3) is 5.91 Å². The molecule has 0 radical (unpaired) electrons. The van der Waals surface area contributed by atoms with E-state index in [2.05, 4.69) is 17.4 Å². The van der Waals surface area contributed by atoms with Crippen LogP contribution in [0.15, 0.2) is 78.9 Å². The molecule has 1 atom stereocenters. The van der Waals surface area contributed by atoms with Gasteiger partial charge in [-0.15, -0.1) is 0 Å². The van der Waals surface area contributed by atoms with E-state index in [1.54, 1.807) is 4.90 Å². The lowest BCUT2D eigenvalue weighted by molar-refractivity contribution is -0.124. The molecular weight excluding hydrogens is 400 g/mol. The summed E-state index contributed by atoms with van der Waals surface area (Å²) >= 11 is 0. The number of aromatic nitrogens is 2. The Balaban J connectivity index is 1.42. The van der Waals surface area contributed by atoms with Gasteiger partial charge in [0.2, 0.25) is 11.9 Å². The molecular formula is C26H24N4O2. The summed E-state index contributed by atoms with van der Waals surface area (Å²) in [5.74, 6) is 0.330. The topological polar surface area (TPSA) is 67.2 Å². The Kier molecular flexibility index (Phi) is 5.19. The summed E-state index contributed by atoms with van der Waals surface area (Å²) in [6, 6.07) is 24.9. The smallest absolute Gasteiger partial charge is 0.253 e. The number of nitrogens with zero attached hydrogens (tertiary/aromatic N) is 3. The van der Waals surface area contributed by atoms with Crippen molar-refractivity contribution >= 4 is 34.5 Å². The number of fused-ring (bicyclic) bond motifs is 3. The highest BCUT2D eigenvalue weighted by Crippen LogP contribution is 2.36. The molecule has 0 bridgehead atoms. The van der Waals surface area contributed by atoms with Crippen LogP contribution in [0.1, 0.15) is 23.6 Å². The molecule has 32 heavy (non-hydrogen) atoms. The van der Waals surface area contributed by atoms with Gasteiger partial charge in [-0.1, -0.05) is 54.6 Å². The number of hydrogen-bond donors (Lipinski definition) is 1. The van der Waals surface area contributed by atoms with E-state index in [-0.39, 0.29) is 18.2 Å². The Morgan fingerprint density at radius 1 is 1.00 bits per heavy atom. The van der Waals surface area contributed by atoms with Crippen LogP contribution in [0, 0.1) is 6.92 Å². The van der Waals surface area contributed by atoms with Crippen LogP contribution in [0.2, 0.25) is 0 Å². The fourth-order valence-corrected chi connectivity index (χ4v) is 4.30. The minimum absolute atomic E-state index is 0.0575. The largest absolute Gasteiger partial charge is 0.326 e. The molecule has 1 aliphatic heterocycles. The second-order valence-electron chi connectivity index (χ2n) is 8.13. The van der Waals surface area contributed by atoms with Crippen molar-refractivity contribution in [1.82, 2.24) is 9.55 Å². The van der Waals surface area contributed by atoms with Crippen LogP contribution in [0.3, 0.4) is 0 Å². The van der Waals surface area contributed by atoms with Crippen molar-refractivity contribution in [3.63, 3.8) is 0 Å². The minimum atomic E-state index is -0.613. The number of carbonyl (C=O) groups excluding carboxylic acids is 2. The summed E-state index contributed by atoms with van der Waals surface area (Å²) in [6.45, 7) is 2.49. The number of rotatable bonds is 6. The second-order valence-corrected chi connectivity index (χ2v) is 8.13. The zero-order valence-corrected chi connectivity index (χ0v) is 17.9. The van der Waals surface area contributed by atoms with Crippen LogP contribution in [0.5, 0.6) is 0 Å². The van der Waals surface area contributed by atoms with Gasteiger partial charge in [-0.3, -0.25) is 19.1 Å². The number of para-hydroxylation sites is 2. The van der Waals surface area contributed by atoms with Crippen molar-refractivity contribution in [3.05, 3.63) is 90.0 Å². The third-order valence-corrected chi connectivity index (χ3v) is 5.83. The van der Waals surface area contributed by atoms with Gasteiger partial charge in [-0.05, 0) is 48.7 Å². The van der Waals surface area contributed by atoms with Gasteiger partial charge in [0.1, 0.15) is 6.04 Å². The third kappa shape index (κ3) is 3.75. The maximum Gasteiger partial charge on any atom is 0.253 e. The quantitative estimate of drug-likeness (QED) is 0.495. The molecule has 0 fully saturated rings. The van der Waals surface area contributed by atoms with Crippen molar-refractivity contribution in [2.45, 2.75) is 25.8 Å². The molecule has 1 aliphatic rings. The van der Waals surface area contributed by atoms with E-state index in [0.717, 1.165) is 34.3 Å². The van der Waals surface area contributed by atoms with Gasteiger partial charge in [0, 0.05) is 12.2 Å². The van der Waals surface area contributed by atoms with Crippen molar-refractivity contribution < 1.29 is 9.59 Å². The predicted octanol–water partition coefficient (Wildman–Crippen LogP) is 4.50. The van der Waals surface area contributed by atoms with Crippen molar-refractivity contribution in [2.75, 3.05) is 16.8 Å². The van der Waals surface area contributed by atoms with Gasteiger partial charge in [0.15, 0.2) is 0 Å². The average Bonchev–Trinajstić information content (AvgIpc) is 3.28. The highest BCUT2D eigenvalue weighted by molar-refractivity contribution is 6.05. The molecule has 6 heteroatoms. The average molecular weight is 425 g/mol. The number of benzene rings is 3. The summed E-state index contributed by atoms with van der Waals surface area (Å²) in [5, 5.41) is 2.93. The lowest BCUT2D eigenvalue weighted by Crippen LogP contribution is -2.33. The van der Waals surface area contributed by atoms with Crippen LogP contribution >= 0.6 is 0 Å². The molecule has 1 aromatic heterocycles. The first-order valence-electron chi connectivity index (χ1n) is 10.8. The molecule has 1 N–H and O–H groups in total. The number of anilines is 2. The van der Waals surface area contributed by atoms with E-state index in [1.165, 1.54) is 0 Å². The number of nitrogens with one attached hydrogen (secondary N) is 1. The third-order valence-electron chi connectivity index (χ3n) is 5.83. The maximum absolute atomic E-state index is 13.4. The van der Waals surface area contributed by atoms with Crippen molar-refractivity contribution in [1.29, 1.82) is 0 Å². The molecule has 3 aromatic carbocycles. The van der Waals surface area contributed by atoms with E-state index in [0.29, 0.717) is 12.5 Å². The SMILES string of the molecule is Cc1cccc(NC(=O)C[C@@H]2C(=O)N(CCc3ccccc3)c3nc4ccccc4n32)c1. The molecule has 2 amide bonds. The second kappa shape index (κ2) is 8.30. The summed E-state index contributed by atoms with van der Waals surface area (Å²) in [4.78, 5) is 32.7. The Hall–Kier alpha value is -3.93. The molecule has 4 aromatic rings. The van der Waals surface area contributed by atoms with Crippen molar-refractivity contribution in [3.8, 4) is 0 Å². The molecule has 0 unspecified atom stereocenters. The molecule has 0 saturated heterocycles. The normalized spacial score (nSPS) is 15.2. The van der Waals surface area contributed by atoms with Gasteiger partial charge in [-0.25, -0.2) is 4.98 Å². The molecule has 0 aliphatic carbocycles. The Labute approximate surface area is 186 Å². The van der Waals surface area contributed by atoms with Gasteiger partial charge < -0.3 is 5.32 Å². The minimum Gasteiger partial charge on any atom is -0.326 e. The maximum atomic E-state index is 13.4. The first kappa shape index (κ1) is 20.0. The number of aryl methyl sites for hydroxylation is 1. The fourth-order valence-electron chi connectivity index (χ4n) is 4.30. The van der Waals surface area contributed by atoms with Crippen molar-refractivity contribution in [2.24, 2.45) is 0 Å². The lowest BCUT2D eigenvalue weighted by atomic mass is 10.1. The first-order chi connectivity index (χ1) is 15.6. The first-order valence-corrected chi connectivity index (χ1v) is 10.8. The molecule has 5 rings (SSSR count). The van der Waals surface area contributed by atoms with Crippen LogP contribution in [-0.2, 0) is 16.0 Å². The predicted molar refractivity (Wildman–Crippen MR) is 126 cm³/mol. The summed E-state index contributed by atoms with van der Waals surface area (Å²) in [5.41, 5.74) is 4.64. The van der Waals surface area contributed by atoms with Crippen LogP contribution in [0.4, 0.5) is 11.6 Å². The van der Waals surface area contributed by atoms with Crippen LogP contribution in [-0.4, -0.2) is 27.9 Å². The summed E-state index contributed by atoms with van der Waals surface area (Å²) < 4.78 is 1.92. The molecule has 2 heterocycles. The Bertz CT molecular complexity index is 1300. The summed E-state index contributed by atoms with van der Waals surface area (Å²) in [7, 11) is 0. The molecule has 160 valence electrons. The Morgan fingerprint density at radius 3 is 2.59 bits per heavy atom. The zero-order valence-electron chi connectivity index (χ0n) is 17.9. The number of hydrogen-bond acceptors (Lipinski definition) is 3. The molecule has 0 spiro atoms. The highest BCUT2D eigenvalue weighted by atomic mass is 16.2. The number of imidazole rings is 1. The number of carbonyl (C=O) groups is 2.